The fraction of sp³-hybridized carbons (Fsp3) is 0.222. The molecule has 0 aliphatic rings. The number of imidazole rings is 2. The van der Waals surface area contributed by atoms with Crippen LogP contribution in [0.15, 0.2) is 48.5 Å². The standard InChI is InChI=1S/C18H18N4O/c1-18(23,16-19-12-8-4-6-10-14(12)21(16)2)17-20-13-9-5-7-11-15(13)22(17)3/h4-11,23H,1-3H3. The van der Waals surface area contributed by atoms with Gasteiger partial charge in [-0.25, -0.2) is 9.97 Å². The van der Waals surface area contributed by atoms with E-state index in [1.165, 1.54) is 0 Å². The SMILES string of the molecule is Cn1c(C(C)(O)c2nc3ccccc3n2C)nc2ccccc21. The molecule has 0 amide bonds. The highest BCUT2D eigenvalue weighted by atomic mass is 16.3. The highest BCUT2D eigenvalue weighted by molar-refractivity contribution is 5.77. The van der Waals surface area contributed by atoms with Gasteiger partial charge in [-0.1, -0.05) is 24.3 Å². The number of fused-ring (bicyclic) bond motifs is 2. The minimum Gasteiger partial charge on any atom is -0.375 e. The van der Waals surface area contributed by atoms with E-state index in [-0.39, 0.29) is 0 Å². The summed E-state index contributed by atoms with van der Waals surface area (Å²) in [5, 5.41) is 11.3. The van der Waals surface area contributed by atoms with Crippen LogP contribution in [0.2, 0.25) is 0 Å². The normalized spacial score (nSPS) is 12.3. The van der Waals surface area contributed by atoms with Gasteiger partial charge in [0, 0.05) is 14.1 Å². The fourth-order valence-corrected chi connectivity index (χ4v) is 3.26. The molecule has 1 N–H and O–H groups in total. The summed E-state index contributed by atoms with van der Waals surface area (Å²) in [6.45, 7) is 1.75. The lowest BCUT2D eigenvalue weighted by molar-refractivity contribution is 0.0775. The number of nitrogens with zero attached hydrogens (tertiary/aromatic N) is 4. The van der Waals surface area contributed by atoms with Crippen molar-refractivity contribution in [1.82, 2.24) is 19.1 Å². The van der Waals surface area contributed by atoms with Gasteiger partial charge in [0.25, 0.3) is 0 Å². The molecule has 0 unspecified atom stereocenters. The van der Waals surface area contributed by atoms with Crippen molar-refractivity contribution in [2.24, 2.45) is 14.1 Å². The van der Waals surface area contributed by atoms with E-state index in [1.54, 1.807) is 6.92 Å². The topological polar surface area (TPSA) is 55.9 Å². The molecule has 4 rings (SSSR count). The summed E-state index contributed by atoms with van der Waals surface area (Å²) in [5.74, 6) is 1.16. The Morgan fingerprint density at radius 1 is 0.783 bits per heavy atom. The van der Waals surface area contributed by atoms with Crippen LogP contribution in [0.25, 0.3) is 22.1 Å². The van der Waals surface area contributed by atoms with Gasteiger partial charge in [-0.05, 0) is 31.2 Å². The Bertz CT molecular complexity index is 944. The molecular formula is C18H18N4O. The summed E-state index contributed by atoms with van der Waals surface area (Å²) in [7, 11) is 3.84. The Morgan fingerprint density at radius 2 is 1.17 bits per heavy atom. The average molecular weight is 306 g/mol. The lowest BCUT2D eigenvalue weighted by Crippen LogP contribution is -2.30. The molecule has 0 aliphatic carbocycles. The molecule has 0 aliphatic heterocycles. The van der Waals surface area contributed by atoms with Gasteiger partial charge < -0.3 is 14.2 Å². The zero-order chi connectivity index (χ0) is 16.2. The van der Waals surface area contributed by atoms with Crippen molar-refractivity contribution in [3.63, 3.8) is 0 Å². The maximum absolute atomic E-state index is 11.3. The maximum atomic E-state index is 11.3. The summed E-state index contributed by atoms with van der Waals surface area (Å²) in [6.07, 6.45) is 0. The molecule has 5 nitrogen and oxygen atoms in total. The molecule has 23 heavy (non-hydrogen) atoms. The third kappa shape index (κ3) is 1.90. The van der Waals surface area contributed by atoms with Crippen LogP contribution >= 0.6 is 0 Å². The highest BCUT2D eigenvalue weighted by Gasteiger charge is 2.35. The summed E-state index contributed by atoms with van der Waals surface area (Å²) < 4.78 is 3.85. The van der Waals surface area contributed by atoms with E-state index in [2.05, 4.69) is 9.97 Å². The monoisotopic (exact) mass is 306 g/mol. The molecule has 2 aromatic heterocycles. The third-order valence-corrected chi connectivity index (χ3v) is 4.45. The van der Waals surface area contributed by atoms with E-state index in [9.17, 15) is 5.11 Å². The van der Waals surface area contributed by atoms with E-state index in [1.807, 2.05) is 71.8 Å². The lowest BCUT2D eigenvalue weighted by atomic mass is 10.1. The first kappa shape index (κ1) is 14.0. The Balaban J connectivity index is 1.97. The Labute approximate surface area is 133 Å². The van der Waals surface area contributed by atoms with Crippen molar-refractivity contribution in [1.29, 1.82) is 0 Å². The predicted octanol–water partition coefficient (Wildman–Crippen LogP) is 2.72. The molecule has 0 saturated carbocycles. The Kier molecular flexibility index (Phi) is 2.83. The van der Waals surface area contributed by atoms with Crippen molar-refractivity contribution >= 4 is 22.1 Å². The number of aryl methyl sites for hydroxylation is 2. The number of rotatable bonds is 2. The summed E-state index contributed by atoms with van der Waals surface area (Å²) in [5.41, 5.74) is 2.41. The van der Waals surface area contributed by atoms with Gasteiger partial charge in [-0.15, -0.1) is 0 Å². The molecule has 2 heterocycles. The minimum absolute atomic E-state index is 0.581. The van der Waals surface area contributed by atoms with Crippen molar-refractivity contribution in [3.05, 3.63) is 60.2 Å². The van der Waals surface area contributed by atoms with E-state index in [0.717, 1.165) is 22.1 Å². The number of benzene rings is 2. The van der Waals surface area contributed by atoms with Crippen molar-refractivity contribution in [2.75, 3.05) is 0 Å². The maximum Gasteiger partial charge on any atom is 0.177 e. The molecule has 116 valence electrons. The quantitative estimate of drug-likeness (QED) is 0.619. The van der Waals surface area contributed by atoms with Crippen LogP contribution in [-0.2, 0) is 19.7 Å². The third-order valence-electron chi connectivity index (χ3n) is 4.45. The molecule has 0 spiro atoms. The lowest BCUT2D eigenvalue weighted by Gasteiger charge is -2.22. The second-order valence-electron chi connectivity index (χ2n) is 6.04. The van der Waals surface area contributed by atoms with Crippen LogP contribution in [0.3, 0.4) is 0 Å². The zero-order valence-electron chi connectivity index (χ0n) is 13.4. The molecule has 2 aromatic carbocycles. The highest BCUT2D eigenvalue weighted by Crippen LogP contribution is 2.31. The van der Waals surface area contributed by atoms with Crippen LogP contribution in [0.4, 0.5) is 0 Å². The van der Waals surface area contributed by atoms with Gasteiger partial charge in [0.2, 0.25) is 0 Å². The summed E-state index contributed by atoms with van der Waals surface area (Å²) >= 11 is 0. The second kappa shape index (κ2) is 4.67. The van der Waals surface area contributed by atoms with Gasteiger partial charge in [0.05, 0.1) is 22.1 Å². The molecular weight excluding hydrogens is 288 g/mol. The predicted molar refractivity (Wildman–Crippen MR) is 90.1 cm³/mol. The molecule has 0 atom stereocenters. The first-order valence-electron chi connectivity index (χ1n) is 7.56. The molecule has 0 saturated heterocycles. The van der Waals surface area contributed by atoms with Crippen molar-refractivity contribution in [3.8, 4) is 0 Å². The van der Waals surface area contributed by atoms with E-state index >= 15 is 0 Å². The number of hydrogen-bond donors (Lipinski definition) is 1. The van der Waals surface area contributed by atoms with Crippen LogP contribution in [0, 0.1) is 0 Å². The Morgan fingerprint density at radius 3 is 1.57 bits per heavy atom. The summed E-state index contributed by atoms with van der Waals surface area (Å²) in [6, 6.07) is 15.7. The smallest absolute Gasteiger partial charge is 0.177 e. The van der Waals surface area contributed by atoms with Crippen molar-refractivity contribution in [2.45, 2.75) is 12.5 Å². The van der Waals surface area contributed by atoms with Gasteiger partial charge in [0.1, 0.15) is 11.6 Å². The molecule has 5 heteroatoms. The van der Waals surface area contributed by atoms with Gasteiger partial charge >= 0.3 is 0 Å². The van der Waals surface area contributed by atoms with Crippen LogP contribution in [-0.4, -0.2) is 24.2 Å². The van der Waals surface area contributed by atoms with Gasteiger partial charge in [0.15, 0.2) is 5.60 Å². The zero-order valence-corrected chi connectivity index (χ0v) is 13.4. The number of para-hydroxylation sites is 4. The van der Waals surface area contributed by atoms with Gasteiger partial charge in [-0.2, -0.15) is 0 Å². The number of aromatic nitrogens is 4. The van der Waals surface area contributed by atoms with E-state index < -0.39 is 5.60 Å². The second-order valence-corrected chi connectivity index (χ2v) is 6.04. The van der Waals surface area contributed by atoms with Crippen LogP contribution in [0.1, 0.15) is 18.6 Å². The molecule has 4 aromatic rings. The average Bonchev–Trinajstić information content (AvgIpc) is 3.07. The summed E-state index contributed by atoms with van der Waals surface area (Å²) in [4.78, 5) is 9.26. The minimum atomic E-state index is -1.29. The van der Waals surface area contributed by atoms with Gasteiger partial charge in [-0.3, -0.25) is 0 Å². The van der Waals surface area contributed by atoms with E-state index in [0.29, 0.717) is 11.6 Å². The van der Waals surface area contributed by atoms with E-state index in [4.69, 9.17) is 0 Å². The molecule has 0 fully saturated rings. The largest absolute Gasteiger partial charge is 0.375 e. The number of aliphatic hydroxyl groups is 1. The number of hydrogen-bond acceptors (Lipinski definition) is 3. The first-order valence-corrected chi connectivity index (χ1v) is 7.56. The fourth-order valence-electron chi connectivity index (χ4n) is 3.26. The molecule has 0 radical (unpaired) electrons. The Hall–Kier alpha value is -2.66. The van der Waals surface area contributed by atoms with Crippen LogP contribution in [0.5, 0.6) is 0 Å². The molecule has 0 bridgehead atoms. The van der Waals surface area contributed by atoms with Crippen LogP contribution < -0.4 is 0 Å². The first-order chi connectivity index (χ1) is 11.0. The van der Waals surface area contributed by atoms with Crippen molar-refractivity contribution < 1.29 is 5.11 Å².